The van der Waals surface area contributed by atoms with Crippen molar-refractivity contribution in [2.24, 2.45) is 0 Å². The Morgan fingerprint density at radius 3 is 1.27 bits per heavy atom. The average Bonchev–Trinajstić information content (AvgIpc) is 2.90. The predicted octanol–water partition coefficient (Wildman–Crippen LogP) is 3.56. The first-order chi connectivity index (χ1) is 18.3. The Balaban J connectivity index is 3.09. The van der Waals surface area contributed by atoms with Crippen LogP contribution in [0.3, 0.4) is 0 Å². The van der Waals surface area contributed by atoms with E-state index in [1.54, 1.807) is 0 Å². The van der Waals surface area contributed by atoms with E-state index in [1.807, 2.05) is 0 Å². The number of esters is 1. The number of carbonyl (C=O) groups is 1. The van der Waals surface area contributed by atoms with E-state index in [4.69, 9.17) is 42.6 Å². The molecule has 0 fully saturated rings. The number of unbranched alkanes of at least 4 members (excludes halogenated alkanes) is 5. The van der Waals surface area contributed by atoms with Gasteiger partial charge >= 0.3 is 5.97 Å². The molecule has 0 rings (SSSR count). The molecule has 220 valence electrons. The Morgan fingerprint density at radius 2 is 0.865 bits per heavy atom. The number of hydrogen-bond donors (Lipinski definition) is 0. The smallest absolute Gasteiger partial charge is 0.305 e. The van der Waals surface area contributed by atoms with E-state index < -0.39 is 0 Å². The molecule has 0 atom stereocenters. The lowest BCUT2D eigenvalue weighted by Crippen LogP contribution is -2.15. The van der Waals surface area contributed by atoms with Crippen LogP contribution in [0.4, 0.5) is 0 Å². The second-order valence-electron chi connectivity index (χ2n) is 8.06. The van der Waals surface area contributed by atoms with Crippen LogP contribution in [0.1, 0.15) is 51.9 Å². The first-order valence-electron chi connectivity index (χ1n) is 13.7. The third kappa shape index (κ3) is 32.7. The molecule has 0 unspecified atom stereocenters. The fourth-order valence-electron chi connectivity index (χ4n) is 2.95. The molecular formula is C27H52O10. The Labute approximate surface area is 224 Å². The molecule has 10 nitrogen and oxygen atoms in total. The molecule has 0 saturated carbocycles. The van der Waals surface area contributed by atoms with Crippen LogP contribution in [0.15, 0.2) is 12.8 Å². The van der Waals surface area contributed by atoms with Crippen LogP contribution < -0.4 is 0 Å². The molecule has 0 aromatic heterocycles. The van der Waals surface area contributed by atoms with E-state index in [2.05, 4.69) is 13.5 Å². The normalized spacial score (nSPS) is 11.1. The molecule has 0 aliphatic heterocycles. The molecule has 10 heteroatoms. The second-order valence-corrected chi connectivity index (χ2v) is 8.06. The summed E-state index contributed by atoms with van der Waals surface area (Å²) >= 11 is 0. The molecule has 0 N–H and O–H groups in total. The van der Waals surface area contributed by atoms with Gasteiger partial charge in [-0.25, -0.2) is 0 Å². The first kappa shape index (κ1) is 35.7. The zero-order valence-corrected chi connectivity index (χ0v) is 23.1. The average molecular weight is 537 g/mol. The van der Waals surface area contributed by atoms with Gasteiger partial charge in [-0.2, -0.15) is 0 Å². The van der Waals surface area contributed by atoms with Gasteiger partial charge in [-0.05, 0) is 6.42 Å². The summed E-state index contributed by atoms with van der Waals surface area (Å²) in [6.07, 6.45) is 8.84. The van der Waals surface area contributed by atoms with Gasteiger partial charge in [-0.15, -0.1) is 0 Å². The van der Waals surface area contributed by atoms with Gasteiger partial charge in [-0.1, -0.05) is 45.6 Å². The third-order valence-electron chi connectivity index (χ3n) is 4.92. The van der Waals surface area contributed by atoms with Crippen molar-refractivity contribution in [3.05, 3.63) is 12.8 Å². The molecule has 0 amide bonds. The van der Waals surface area contributed by atoms with Gasteiger partial charge < -0.3 is 42.6 Å². The lowest BCUT2D eigenvalue weighted by molar-refractivity contribution is -0.145. The molecule has 0 aromatic rings. The Morgan fingerprint density at radius 1 is 0.514 bits per heavy atom. The van der Waals surface area contributed by atoms with Gasteiger partial charge in [0.05, 0.1) is 98.8 Å². The van der Waals surface area contributed by atoms with Crippen LogP contribution in [0.2, 0.25) is 0 Å². The minimum atomic E-state index is -0.140. The molecule has 0 spiro atoms. The zero-order valence-electron chi connectivity index (χ0n) is 23.1. The van der Waals surface area contributed by atoms with Crippen molar-refractivity contribution in [3.63, 3.8) is 0 Å². The van der Waals surface area contributed by atoms with Crippen LogP contribution >= 0.6 is 0 Å². The first-order valence-corrected chi connectivity index (χ1v) is 13.7. The van der Waals surface area contributed by atoms with E-state index >= 15 is 0 Å². The molecule has 0 bridgehead atoms. The maximum absolute atomic E-state index is 11.6. The Hall–Kier alpha value is -1.27. The monoisotopic (exact) mass is 536 g/mol. The fraction of sp³-hybridized carbons (Fsp3) is 0.889. The van der Waals surface area contributed by atoms with Gasteiger partial charge in [0.1, 0.15) is 13.2 Å². The Bertz CT molecular complexity index is 464. The van der Waals surface area contributed by atoms with Crippen molar-refractivity contribution >= 4 is 5.97 Å². The molecule has 0 heterocycles. The quantitative estimate of drug-likeness (QED) is 0.0721. The predicted molar refractivity (Wildman–Crippen MR) is 141 cm³/mol. The molecule has 0 saturated heterocycles. The van der Waals surface area contributed by atoms with E-state index in [9.17, 15) is 4.79 Å². The number of ether oxygens (including phenoxy) is 9. The van der Waals surface area contributed by atoms with Crippen LogP contribution in [-0.4, -0.2) is 112 Å². The van der Waals surface area contributed by atoms with Crippen LogP contribution in [0, 0.1) is 0 Å². The lowest BCUT2D eigenvalue weighted by Gasteiger charge is -2.09. The summed E-state index contributed by atoms with van der Waals surface area (Å²) in [7, 11) is 0. The molecule has 37 heavy (non-hydrogen) atoms. The minimum absolute atomic E-state index is 0.140. The fourth-order valence-corrected chi connectivity index (χ4v) is 2.95. The molecule has 0 aromatic carbocycles. The van der Waals surface area contributed by atoms with E-state index in [0.717, 1.165) is 12.8 Å². The van der Waals surface area contributed by atoms with Crippen molar-refractivity contribution in [1.82, 2.24) is 0 Å². The second kappa shape index (κ2) is 32.8. The van der Waals surface area contributed by atoms with Crippen LogP contribution in [0.5, 0.6) is 0 Å². The van der Waals surface area contributed by atoms with Crippen molar-refractivity contribution in [2.75, 3.05) is 106 Å². The topological polar surface area (TPSA) is 100 Å². The Kier molecular flexibility index (Phi) is 31.6. The van der Waals surface area contributed by atoms with Crippen molar-refractivity contribution in [3.8, 4) is 0 Å². The van der Waals surface area contributed by atoms with E-state index in [-0.39, 0.29) is 5.97 Å². The highest BCUT2D eigenvalue weighted by Gasteiger charge is 2.02. The minimum Gasteiger partial charge on any atom is -0.499 e. The maximum Gasteiger partial charge on any atom is 0.305 e. The molecular weight excluding hydrogens is 484 g/mol. The molecule has 0 aliphatic rings. The van der Waals surface area contributed by atoms with E-state index in [1.165, 1.54) is 31.9 Å². The van der Waals surface area contributed by atoms with Gasteiger partial charge in [0.15, 0.2) is 0 Å². The summed E-state index contributed by atoms with van der Waals surface area (Å²) < 4.78 is 47.9. The largest absolute Gasteiger partial charge is 0.499 e. The highest BCUT2D eigenvalue weighted by atomic mass is 16.6. The SMILES string of the molecule is C=COCCOCCOCCOCCOCCOCCOCCOCCOC(=O)CCCCCCCC. The van der Waals surface area contributed by atoms with Gasteiger partial charge in [0, 0.05) is 6.42 Å². The maximum atomic E-state index is 11.6. The third-order valence-corrected chi connectivity index (χ3v) is 4.92. The van der Waals surface area contributed by atoms with Crippen molar-refractivity contribution in [1.29, 1.82) is 0 Å². The van der Waals surface area contributed by atoms with Crippen molar-refractivity contribution in [2.45, 2.75) is 51.9 Å². The summed E-state index contributed by atoms with van der Waals surface area (Å²) in [5.74, 6) is -0.140. The van der Waals surface area contributed by atoms with E-state index in [0.29, 0.717) is 112 Å². The van der Waals surface area contributed by atoms with Gasteiger partial charge in [0.25, 0.3) is 0 Å². The molecule has 0 radical (unpaired) electrons. The summed E-state index contributed by atoms with van der Waals surface area (Å²) in [5.41, 5.74) is 0. The number of hydrogen-bond acceptors (Lipinski definition) is 10. The number of carbonyl (C=O) groups excluding carboxylic acids is 1. The van der Waals surface area contributed by atoms with Gasteiger partial charge in [0.2, 0.25) is 0 Å². The van der Waals surface area contributed by atoms with Gasteiger partial charge in [-0.3, -0.25) is 4.79 Å². The summed E-state index contributed by atoms with van der Waals surface area (Å²) in [4.78, 5) is 11.6. The summed E-state index contributed by atoms with van der Waals surface area (Å²) in [6.45, 7) is 13.4. The summed E-state index contributed by atoms with van der Waals surface area (Å²) in [5, 5.41) is 0. The molecule has 0 aliphatic carbocycles. The highest BCUT2D eigenvalue weighted by molar-refractivity contribution is 5.69. The van der Waals surface area contributed by atoms with Crippen LogP contribution in [-0.2, 0) is 47.4 Å². The summed E-state index contributed by atoms with van der Waals surface area (Å²) in [6, 6.07) is 0. The van der Waals surface area contributed by atoms with Crippen molar-refractivity contribution < 1.29 is 47.4 Å². The standard InChI is InChI=1S/C27H52O10/c1-3-5-6-7-8-9-10-27(28)37-26-25-36-24-23-35-22-21-34-20-19-33-18-17-32-16-15-31-14-13-30-12-11-29-4-2/h4H,2-3,5-26H2,1H3. The zero-order chi connectivity index (χ0) is 26.9. The highest BCUT2D eigenvalue weighted by Crippen LogP contribution is 2.07. The number of rotatable bonds is 32. The van der Waals surface area contributed by atoms with Crippen LogP contribution in [0.25, 0.3) is 0 Å². The lowest BCUT2D eigenvalue weighted by atomic mass is 10.1.